The predicted molar refractivity (Wildman–Crippen MR) is 108 cm³/mol. The zero-order valence-electron chi connectivity index (χ0n) is 15.9. The van der Waals surface area contributed by atoms with Crippen molar-refractivity contribution in [3.63, 3.8) is 0 Å². The van der Waals surface area contributed by atoms with E-state index < -0.39 is 5.97 Å². The first-order valence-corrected chi connectivity index (χ1v) is 9.60. The summed E-state index contributed by atoms with van der Waals surface area (Å²) < 4.78 is 10.8. The second kappa shape index (κ2) is 10.3. The number of likely N-dealkylation sites (tertiary alicyclic amines) is 1. The van der Waals surface area contributed by atoms with Gasteiger partial charge in [0.1, 0.15) is 12.4 Å². The van der Waals surface area contributed by atoms with E-state index in [-0.39, 0.29) is 12.5 Å². The molecule has 0 aliphatic carbocycles. The highest BCUT2D eigenvalue weighted by Gasteiger charge is 2.17. The van der Waals surface area contributed by atoms with Crippen LogP contribution in [0.1, 0.15) is 30.4 Å². The van der Waals surface area contributed by atoms with Crippen molar-refractivity contribution in [2.24, 2.45) is 0 Å². The van der Waals surface area contributed by atoms with Crippen LogP contribution in [0.4, 0.5) is 0 Å². The van der Waals surface area contributed by atoms with Crippen molar-refractivity contribution in [3.8, 4) is 5.75 Å². The molecule has 1 heterocycles. The Kier molecular flexibility index (Phi) is 7.24. The van der Waals surface area contributed by atoms with Crippen LogP contribution >= 0.6 is 0 Å². The minimum atomic E-state index is -0.519. The molecule has 0 radical (unpaired) electrons. The number of rotatable bonds is 7. The lowest BCUT2D eigenvalue weighted by atomic mass is 10.1. The Morgan fingerprint density at radius 2 is 1.64 bits per heavy atom. The number of carbonyl (C=O) groups excluding carboxylic acids is 2. The Morgan fingerprint density at radius 3 is 2.36 bits per heavy atom. The SMILES string of the molecule is O=C(/C=C/c1ccc(OCc2ccccc2)cc1)OCC(=O)N1CCCCC1. The highest BCUT2D eigenvalue weighted by atomic mass is 16.5. The van der Waals surface area contributed by atoms with Crippen LogP contribution in [0, 0.1) is 0 Å². The third kappa shape index (κ3) is 6.27. The zero-order chi connectivity index (χ0) is 19.6. The normalized spacial score (nSPS) is 14.1. The zero-order valence-corrected chi connectivity index (χ0v) is 15.9. The summed E-state index contributed by atoms with van der Waals surface area (Å²) in [6, 6.07) is 17.4. The quantitative estimate of drug-likeness (QED) is 0.542. The molecule has 0 saturated carbocycles. The molecule has 5 nitrogen and oxygen atoms in total. The summed E-state index contributed by atoms with van der Waals surface area (Å²) in [6.07, 6.45) is 6.19. The van der Waals surface area contributed by atoms with E-state index in [1.54, 1.807) is 11.0 Å². The van der Waals surface area contributed by atoms with Crippen LogP contribution in [0.15, 0.2) is 60.7 Å². The number of nitrogens with zero attached hydrogens (tertiary/aromatic N) is 1. The van der Waals surface area contributed by atoms with Gasteiger partial charge in [0.2, 0.25) is 0 Å². The van der Waals surface area contributed by atoms with Crippen LogP contribution < -0.4 is 4.74 Å². The van der Waals surface area contributed by atoms with Gasteiger partial charge in [-0.15, -0.1) is 0 Å². The lowest BCUT2D eigenvalue weighted by Crippen LogP contribution is -2.38. The summed E-state index contributed by atoms with van der Waals surface area (Å²) in [5.41, 5.74) is 1.96. The number of hydrogen-bond acceptors (Lipinski definition) is 4. The smallest absolute Gasteiger partial charge is 0.331 e. The van der Waals surface area contributed by atoms with E-state index in [9.17, 15) is 9.59 Å². The largest absolute Gasteiger partial charge is 0.489 e. The molecule has 0 spiro atoms. The monoisotopic (exact) mass is 379 g/mol. The summed E-state index contributed by atoms with van der Waals surface area (Å²) >= 11 is 0. The molecule has 5 heteroatoms. The molecule has 0 bridgehead atoms. The number of carbonyl (C=O) groups is 2. The maximum Gasteiger partial charge on any atom is 0.331 e. The number of amides is 1. The average Bonchev–Trinajstić information content (AvgIpc) is 2.76. The van der Waals surface area contributed by atoms with Crippen molar-refractivity contribution in [2.45, 2.75) is 25.9 Å². The highest BCUT2D eigenvalue weighted by molar-refractivity contribution is 5.89. The molecule has 1 amide bonds. The van der Waals surface area contributed by atoms with Crippen molar-refractivity contribution < 1.29 is 19.1 Å². The van der Waals surface area contributed by atoms with Crippen molar-refractivity contribution in [1.29, 1.82) is 0 Å². The van der Waals surface area contributed by atoms with Crippen LogP contribution in [0.2, 0.25) is 0 Å². The Morgan fingerprint density at radius 1 is 0.929 bits per heavy atom. The molecule has 0 atom stereocenters. The first-order valence-electron chi connectivity index (χ1n) is 9.60. The topological polar surface area (TPSA) is 55.8 Å². The van der Waals surface area contributed by atoms with Crippen LogP contribution in [-0.2, 0) is 20.9 Å². The molecule has 28 heavy (non-hydrogen) atoms. The number of esters is 1. The van der Waals surface area contributed by atoms with Gasteiger partial charge in [0.15, 0.2) is 6.61 Å². The lowest BCUT2D eigenvalue weighted by molar-refractivity contribution is -0.148. The molecule has 3 rings (SSSR count). The van der Waals surface area contributed by atoms with Crippen LogP contribution in [0.5, 0.6) is 5.75 Å². The number of piperidine rings is 1. The van der Waals surface area contributed by atoms with Gasteiger partial charge in [0.25, 0.3) is 5.91 Å². The molecular weight excluding hydrogens is 354 g/mol. The Bertz CT molecular complexity index is 793. The molecule has 146 valence electrons. The Labute approximate surface area is 165 Å². The second-order valence-corrected chi connectivity index (χ2v) is 6.73. The third-order valence-electron chi connectivity index (χ3n) is 4.59. The van der Waals surface area contributed by atoms with Gasteiger partial charge < -0.3 is 14.4 Å². The molecular formula is C23H25NO4. The molecule has 1 fully saturated rings. The Hall–Kier alpha value is -3.08. The fourth-order valence-electron chi connectivity index (χ4n) is 3.00. The van der Waals surface area contributed by atoms with E-state index in [2.05, 4.69) is 0 Å². The standard InChI is InChI=1S/C23H25NO4/c25-22(24-15-5-2-6-16-24)18-28-23(26)14-11-19-9-12-21(13-10-19)27-17-20-7-3-1-4-8-20/h1,3-4,7-14H,2,5-6,15-18H2/b14-11+. The molecule has 2 aromatic carbocycles. The van der Waals surface area contributed by atoms with E-state index in [4.69, 9.17) is 9.47 Å². The maximum atomic E-state index is 12.0. The Balaban J connectivity index is 1.42. The first kappa shape index (κ1) is 19.7. The van der Waals surface area contributed by atoms with E-state index in [1.165, 1.54) is 6.08 Å². The summed E-state index contributed by atoms with van der Waals surface area (Å²) in [5.74, 6) is 0.117. The van der Waals surface area contributed by atoms with E-state index >= 15 is 0 Å². The van der Waals surface area contributed by atoms with Gasteiger partial charge in [0.05, 0.1) is 0 Å². The van der Waals surface area contributed by atoms with Crippen molar-refractivity contribution in [3.05, 3.63) is 71.8 Å². The maximum absolute atomic E-state index is 12.0. The molecule has 2 aromatic rings. The summed E-state index contributed by atoms with van der Waals surface area (Å²) in [7, 11) is 0. The molecule has 0 unspecified atom stereocenters. The van der Waals surface area contributed by atoms with Gasteiger partial charge in [-0.2, -0.15) is 0 Å². The average molecular weight is 379 g/mol. The van der Waals surface area contributed by atoms with Gasteiger partial charge in [-0.05, 0) is 48.6 Å². The molecule has 0 N–H and O–H groups in total. The number of hydrogen-bond donors (Lipinski definition) is 0. The number of ether oxygens (including phenoxy) is 2. The summed E-state index contributed by atoms with van der Waals surface area (Å²) in [6.45, 7) is 1.82. The molecule has 1 aliphatic rings. The minimum absolute atomic E-state index is 0.124. The third-order valence-corrected chi connectivity index (χ3v) is 4.59. The summed E-state index contributed by atoms with van der Waals surface area (Å²) in [5, 5.41) is 0. The van der Waals surface area contributed by atoms with Gasteiger partial charge >= 0.3 is 5.97 Å². The van der Waals surface area contributed by atoms with E-state index in [1.807, 2.05) is 54.6 Å². The van der Waals surface area contributed by atoms with Gasteiger partial charge in [0, 0.05) is 19.2 Å². The van der Waals surface area contributed by atoms with E-state index in [0.29, 0.717) is 6.61 Å². The summed E-state index contributed by atoms with van der Waals surface area (Å²) in [4.78, 5) is 25.6. The second-order valence-electron chi connectivity index (χ2n) is 6.73. The fraction of sp³-hybridized carbons (Fsp3) is 0.304. The minimum Gasteiger partial charge on any atom is -0.489 e. The van der Waals surface area contributed by atoms with Crippen molar-refractivity contribution in [1.82, 2.24) is 4.90 Å². The van der Waals surface area contributed by atoms with Crippen molar-refractivity contribution >= 4 is 18.0 Å². The van der Waals surface area contributed by atoms with E-state index in [0.717, 1.165) is 49.2 Å². The molecule has 0 aromatic heterocycles. The van der Waals surface area contributed by atoms with Crippen LogP contribution in [0.25, 0.3) is 6.08 Å². The number of benzene rings is 2. The molecule has 1 aliphatic heterocycles. The molecule has 1 saturated heterocycles. The van der Waals surface area contributed by atoms with Gasteiger partial charge in [-0.1, -0.05) is 42.5 Å². The fourth-order valence-corrected chi connectivity index (χ4v) is 3.00. The predicted octanol–water partition coefficient (Wildman–Crippen LogP) is 3.83. The van der Waals surface area contributed by atoms with Crippen LogP contribution in [0.3, 0.4) is 0 Å². The van der Waals surface area contributed by atoms with Crippen LogP contribution in [-0.4, -0.2) is 36.5 Å². The van der Waals surface area contributed by atoms with Gasteiger partial charge in [-0.25, -0.2) is 4.79 Å². The van der Waals surface area contributed by atoms with Gasteiger partial charge in [-0.3, -0.25) is 4.79 Å². The first-order chi connectivity index (χ1) is 13.7. The lowest BCUT2D eigenvalue weighted by Gasteiger charge is -2.26. The highest BCUT2D eigenvalue weighted by Crippen LogP contribution is 2.15. The van der Waals surface area contributed by atoms with Crippen molar-refractivity contribution in [2.75, 3.05) is 19.7 Å².